The Morgan fingerprint density at radius 2 is 2.05 bits per heavy atom. The van der Waals surface area contributed by atoms with Gasteiger partial charge in [-0.1, -0.05) is 0 Å². The summed E-state index contributed by atoms with van der Waals surface area (Å²) in [5.41, 5.74) is 1.75. The van der Waals surface area contributed by atoms with Crippen molar-refractivity contribution in [2.24, 2.45) is 0 Å². The maximum Gasteiger partial charge on any atom is 0.271 e. The van der Waals surface area contributed by atoms with Gasteiger partial charge in [0.1, 0.15) is 0 Å². The quantitative estimate of drug-likeness (QED) is 0.623. The van der Waals surface area contributed by atoms with Crippen LogP contribution in [0.15, 0.2) is 24.5 Å². The molecule has 0 saturated carbocycles. The number of fused-ring (bicyclic) bond motifs is 1. The highest BCUT2D eigenvalue weighted by Gasteiger charge is 2.13. The molecule has 1 aliphatic heterocycles. The first-order valence-electron chi connectivity index (χ1n) is 6.56. The Morgan fingerprint density at radius 3 is 2.79 bits per heavy atom. The minimum absolute atomic E-state index is 0.0947. The highest BCUT2D eigenvalue weighted by molar-refractivity contribution is 5.77. The highest BCUT2D eigenvalue weighted by atomic mass is 16.6. The molecule has 3 rings (SSSR count). The Bertz CT molecular complexity index is 602. The summed E-state index contributed by atoms with van der Waals surface area (Å²) < 4.78 is 2.07. The zero-order chi connectivity index (χ0) is 13.2. The van der Waals surface area contributed by atoms with E-state index in [2.05, 4.69) is 14.5 Å². The van der Waals surface area contributed by atoms with Gasteiger partial charge in [0.25, 0.3) is 5.69 Å². The van der Waals surface area contributed by atoms with E-state index >= 15 is 0 Å². The molecule has 0 N–H and O–H groups in total. The van der Waals surface area contributed by atoms with Gasteiger partial charge in [0.05, 0.1) is 22.3 Å². The zero-order valence-electron chi connectivity index (χ0n) is 10.7. The van der Waals surface area contributed by atoms with E-state index in [1.807, 2.05) is 0 Å². The summed E-state index contributed by atoms with van der Waals surface area (Å²) in [5, 5.41) is 10.7. The fourth-order valence-electron chi connectivity index (χ4n) is 2.60. The van der Waals surface area contributed by atoms with Gasteiger partial charge in [-0.15, -0.1) is 0 Å². The molecular formula is C13H16N4O2. The molecule has 0 aliphatic carbocycles. The molecule has 0 spiro atoms. The summed E-state index contributed by atoms with van der Waals surface area (Å²) in [7, 11) is 0. The average Bonchev–Trinajstić information content (AvgIpc) is 3.05. The number of imidazole rings is 1. The molecule has 0 amide bonds. The lowest BCUT2D eigenvalue weighted by atomic mass is 10.3. The molecule has 1 saturated heterocycles. The fourth-order valence-corrected chi connectivity index (χ4v) is 2.60. The summed E-state index contributed by atoms with van der Waals surface area (Å²) >= 11 is 0. The molecule has 1 fully saturated rings. The minimum Gasteiger partial charge on any atom is -0.329 e. The first kappa shape index (κ1) is 12.1. The van der Waals surface area contributed by atoms with E-state index in [1.165, 1.54) is 38.1 Å². The maximum atomic E-state index is 10.7. The van der Waals surface area contributed by atoms with Crippen LogP contribution in [0.5, 0.6) is 0 Å². The van der Waals surface area contributed by atoms with E-state index in [0.29, 0.717) is 5.52 Å². The zero-order valence-corrected chi connectivity index (χ0v) is 10.7. The smallest absolute Gasteiger partial charge is 0.271 e. The third-order valence-corrected chi connectivity index (χ3v) is 3.67. The summed E-state index contributed by atoms with van der Waals surface area (Å²) in [6, 6.07) is 4.85. The molecule has 2 aromatic rings. The Balaban J connectivity index is 1.78. The molecule has 0 unspecified atom stereocenters. The van der Waals surface area contributed by atoms with Crippen molar-refractivity contribution < 1.29 is 4.92 Å². The van der Waals surface area contributed by atoms with Gasteiger partial charge >= 0.3 is 0 Å². The Kier molecular flexibility index (Phi) is 3.16. The van der Waals surface area contributed by atoms with Gasteiger partial charge < -0.3 is 9.47 Å². The summed E-state index contributed by atoms with van der Waals surface area (Å²) in [4.78, 5) is 17.0. The van der Waals surface area contributed by atoms with Crippen LogP contribution in [0.3, 0.4) is 0 Å². The Morgan fingerprint density at radius 1 is 1.26 bits per heavy atom. The Hall–Kier alpha value is -1.95. The standard InChI is InChI=1S/C13H16N4O2/c18-17(19)11-3-4-13-12(9-11)14-10-16(13)8-7-15-5-1-2-6-15/h3-4,9-10H,1-2,5-8H2. The molecular weight excluding hydrogens is 244 g/mol. The second kappa shape index (κ2) is 4.97. The number of hydrogen-bond donors (Lipinski definition) is 0. The SMILES string of the molecule is O=[N+]([O-])c1ccc2c(c1)ncn2CCN1CCCC1. The van der Waals surface area contributed by atoms with E-state index in [1.54, 1.807) is 12.4 Å². The third kappa shape index (κ3) is 2.44. The number of non-ortho nitro benzene ring substituents is 1. The van der Waals surface area contributed by atoms with Crippen molar-refractivity contribution in [3.05, 3.63) is 34.6 Å². The van der Waals surface area contributed by atoms with Gasteiger partial charge in [-0.25, -0.2) is 4.98 Å². The predicted molar refractivity (Wildman–Crippen MR) is 72.1 cm³/mol. The van der Waals surface area contributed by atoms with Crippen molar-refractivity contribution >= 4 is 16.7 Å². The van der Waals surface area contributed by atoms with E-state index in [4.69, 9.17) is 0 Å². The van der Waals surface area contributed by atoms with E-state index in [-0.39, 0.29) is 10.6 Å². The first-order chi connectivity index (χ1) is 9.24. The van der Waals surface area contributed by atoms with Crippen LogP contribution in [0, 0.1) is 10.1 Å². The van der Waals surface area contributed by atoms with E-state index in [0.717, 1.165) is 18.6 Å². The monoisotopic (exact) mass is 260 g/mol. The van der Waals surface area contributed by atoms with Gasteiger partial charge in [-0.05, 0) is 32.0 Å². The normalized spacial score (nSPS) is 16.2. The Labute approximate surface area is 110 Å². The fraction of sp³-hybridized carbons (Fsp3) is 0.462. The molecule has 1 aromatic carbocycles. The topological polar surface area (TPSA) is 64.2 Å². The molecule has 0 bridgehead atoms. The number of hydrogen-bond acceptors (Lipinski definition) is 4. The van der Waals surface area contributed by atoms with Gasteiger partial charge in [0.2, 0.25) is 0 Å². The molecule has 19 heavy (non-hydrogen) atoms. The van der Waals surface area contributed by atoms with Gasteiger partial charge in [0.15, 0.2) is 0 Å². The second-order valence-corrected chi connectivity index (χ2v) is 4.92. The van der Waals surface area contributed by atoms with E-state index in [9.17, 15) is 10.1 Å². The van der Waals surface area contributed by atoms with Crippen LogP contribution in [0.2, 0.25) is 0 Å². The lowest BCUT2D eigenvalue weighted by Gasteiger charge is -2.14. The molecule has 2 heterocycles. The molecule has 0 atom stereocenters. The number of benzene rings is 1. The number of likely N-dealkylation sites (tertiary alicyclic amines) is 1. The van der Waals surface area contributed by atoms with Crippen LogP contribution in [0.1, 0.15) is 12.8 Å². The average molecular weight is 260 g/mol. The van der Waals surface area contributed by atoms with Crippen LogP contribution in [-0.4, -0.2) is 39.0 Å². The van der Waals surface area contributed by atoms with Crippen molar-refractivity contribution in [3.8, 4) is 0 Å². The largest absolute Gasteiger partial charge is 0.329 e. The lowest BCUT2D eigenvalue weighted by molar-refractivity contribution is -0.384. The van der Waals surface area contributed by atoms with Crippen molar-refractivity contribution in [2.45, 2.75) is 19.4 Å². The number of nitrogens with zero attached hydrogens (tertiary/aromatic N) is 4. The molecule has 1 aliphatic rings. The number of aromatic nitrogens is 2. The second-order valence-electron chi connectivity index (χ2n) is 4.92. The molecule has 0 radical (unpaired) electrons. The number of rotatable bonds is 4. The van der Waals surface area contributed by atoms with Crippen LogP contribution >= 0.6 is 0 Å². The van der Waals surface area contributed by atoms with Crippen molar-refractivity contribution in [3.63, 3.8) is 0 Å². The summed E-state index contributed by atoms with van der Waals surface area (Å²) in [6.07, 6.45) is 4.35. The van der Waals surface area contributed by atoms with Gasteiger partial charge in [-0.3, -0.25) is 10.1 Å². The lowest BCUT2D eigenvalue weighted by Crippen LogP contribution is -2.23. The highest BCUT2D eigenvalue weighted by Crippen LogP contribution is 2.20. The van der Waals surface area contributed by atoms with Crippen LogP contribution in [-0.2, 0) is 6.54 Å². The summed E-state index contributed by atoms with van der Waals surface area (Å²) in [6.45, 7) is 4.26. The molecule has 6 heteroatoms. The van der Waals surface area contributed by atoms with Crippen molar-refractivity contribution in [2.75, 3.05) is 19.6 Å². The third-order valence-electron chi connectivity index (χ3n) is 3.67. The molecule has 6 nitrogen and oxygen atoms in total. The van der Waals surface area contributed by atoms with E-state index < -0.39 is 0 Å². The van der Waals surface area contributed by atoms with Gasteiger partial charge in [0, 0.05) is 25.2 Å². The summed E-state index contributed by atoms with van der Waals surface area (Å²) in [5.74, 6) is 0. The van der Waals surface area contributed by atoms with Gasteiger partial charge in [-0.2, -0.15) is 0 Å². The number of nitro groups is 1. The maximum absolute atomic E-state index is 10.7. The molecule has 100 valence electrons. The van der Waals surface area contributed by atoms with Crippen molar-refractivity contribution in [1.29, 1.82) is 0 Å². The predicted octanol–water partition coefficient (Wildman–Crippen LogP) is 2.04. The van der Waals surface area contributed by atoms with Crippen LogP contribution in [0.4, 0.5) is 5.69 Å². The molecule has 1 aromatic heterocycles. The van der Waals surface area contributed by atoms with Crippen LogP contribution < -0.4 is 0 Å². The number of nitro benzene ring substituents is 1. The first-order valence-corrected chi connectivity index (χ1v) is 6.56. The minimum atomic E-state index is -0.386. The van der Waals surface area contributed by atoms with Crippen molar-refractivity contribution in [1.82, 2.24) is 14.5 Å². The van der Waals surface area contributed by atoms with Crippen LogP contribution in [0.25, 0.3) is 11.0 Å².